The van der Waals surface area contributed by atoms with Crippen molar-refractivity contribution in [2.75, 3.05) is 0 Å². The lowest BCUT2D eigenvalue weighted by Gasteiger charge is -2.22. The molecule has 1 atom stereocenters. The van der Waals surface area contributed by atoms with Crippen LogP contribution in [0.15, 0.2) is 65.5 Å². The summed E-state index contributed by atoms with van der Waals surface area (Å²) in [6.07, 6.45) is -2.84. The molecule has 0 amide bonds. The Morgan fingerprint density at radius 1 is 1.05 bits per heavy atom. The molecular weight excluding hydrogens is 566 g/mol. The van der Waals surface area contributed by atoms with E-state index >= 15 is 4.39 Å². The molecule has 10 heteroatoms. The van der Waals surface area contributed by atoms with Crippen LogP contribution in [0.5, 0.6) is 0 Å². The fourth-order valence-corrected chi connectivity index (χ4v) is 4.59. The smallest absolute Gasteiger partial charge is 0.268 e. The molecule has 1 aliphatic rings. The van der Waals surface area contributed by atoms with Crippen molar-refractivity contribution in [3.05, 3.63) is 104 Å². The number of rotatable bonds is 6. The molecule has 2 aromatic carbocycles. The molecule has 2 N–H and O–H groups in total. The van der Waals surface area contributed by atoms with Crippen LogP contribution >= 0.6 is 23.2 Å². The first kappa shape index (κ1) is 32.7. The van der Waals surface area contributed by atoms with Crippen LogP contribution in [0.1, 0.15) is 66.0 Å². The van der Waals surface area contributed by atoms with Crippen molar-refractivity contribution in [3.63, 3.8) is 0 Å². The molecular formula is C29H28Cl2F7N. The van der Waals surface area contributed by atoms with Crippen molar-refractivity contribution in [2.24, 2.45) is 5.73 Å². The highest BCUT2D eigenvalue weighted by Gasteiger charge is 2.40. The van der Waals surface area contributed by atoms with Crippen LogP contribution < -0.4 is 5.73 Å². The van der Waals surface area contributed by atoms with Crippen LogP contribution in [0.25, 0.3) is 11.4 Å². The van der Waals surface area contributed by atoms with Crippen LogP contribution in [0.3, 0.4) is 0 Å². The fraction of sp³-hybridized carbons (Fsp3) is 0.310. The third-order valence-corrected chi connectivity index (χ3v) is 6.90. The minimum atomic E-state index is -4.91. The van der Waals surface area contributed by atoms with E-state index in [4.69, 9.17) is 28.9 Å². The Morgan fingerprint density at radius 3 is 2.18 bits per heavy atom. The van der Waals surface area contributed by atoms with Crippen molar-refractivity contribution in [1.29, 1.82) is 0 Å². The molecule has 0 aromatic heterocycles. The van der Waals surface area contributed by atoms with Gasteiger partial charge in [-0.1, -0.05) is 61.8 Å². The zero-order valence-electron chi connectivity index (χ0n) is 21.7. The molecule has 2 aromatic rings. The first-order valence-electron chi connectivity index (χ1n) is 12.0. The van der Waals surface area contributed by atoms with Crippen LogP contribution in [0, 0.1) is 13.8 Å². The van der Waals surface area contributed by atoms with Gasteiger partial charge in [-0.3, -0.25) is 5.73 Å². The SMILES string of the molecule is C=C(C1=C(Cl)CCC=C1F)c1ccc(/C(F)=C/C(c2cc(C)c(C)c(Cl)c2)C(F)(F)F)cc1C(N)(F)F.CC. The Labute approximate surface area is 233 Å². The largest absolute Gasteiger partial charge is 0.399 e. The zero-order valence-corrected chi connectivity index (χ0v) is 23.2. The van der Waals surface area contributed by atoms with Gasteiger partial charge in [0.2, 0.25) is 0 Å². The van der Waals surface area contributed by atoms with Gasteiger partial charge in [-0.15, -0.1) is 0 Å². The Hall–Kier alpha value is -2.55. The van der Waals surface area contributed by atoms with E-state index < -0.39 is 40.9 Å². The van der Waals surface area contributed by atoms with Crippen molar-refractivity contribution >= 4 is 34.6 Å². The number of allylic oxidation sites excluding steroid dienone is 6. The summed E-state index contributed by atoms with van der Waals surface area (Å²) in [5.74, 6) is -4.59. The fourth-order valence-electron chi connectivity index (χ4n) is 4.00. The minimum absolute atomic E-state index is 0.0616. The number of aryl methyl sites for hydroxylation is 1. The maximum atomic E-state index is 15.2. The molecule has 0 fully saturated rings. The summed E-state index contributed by atoms with van der Waals surface area (Å²) in [7, 11) is 0. The van der Waals surface area contributed by atoms with Gasteiger partial charge >= 0.3 is 12.2 Å². The molecule has 1 nitrogen and oxygen atoms in total. The molecule has 0 radical (unpaired) electrons. The van der Waals surface area contributed by atoms with Gasteiger partial charge in [0.25, 0.3) is 0 Å². The molecule has 212 valence electrons. The van der Waals surface area contributed by atoms with E-state index in [1.54, 1.807) is 13.8 Å². The highest BCUT2D eigenvalue weighted by molar-refractivity contribution is 6.31. The average molecular weight is 594 g/mol. The first-order valence-corrected chi connectivity index (χ1v) is 12.7. The topological polar surface area (TPSA) is 26.0 Å². The molecule has 3 rings (SSSR count). The second-order valence-corrected chi connectivity index (χ2v) is 9.57. The van der Waals surface area contributed by atoms with Gasteiger partial charge in [0.05, 0.1) is 0 Å². The lowest BCUT2D eigenvalue weighted by molar-refractivity contribution is -0.139. The Balaban J connectivity index is 0.00000260. The zero-order chi connectivity index (χ0) is 29.9. The second kappa shape index (κ2) is 12.7. The lowest BCUT2D eigenvalue weighted by atomic mass is 9.89. The van der Waals surface area contributed by atoms with Crippen molar-refractivity contribution in [2.45, 2.75) is 58.7 Å². The van der Waals surface area contributed by atoms with Gasteiger partial charge < -0.3 is 0 Å². The Kier molecular flexibility index (Phi) is 10.7. The number of benzene rings is 2. The average Bonchev–Trinajstić information content (AvgIpc) is 2.84. The first-order chi connectivity index (χ1) is 18.0. The molecule has 0 heterocycles. The summed E-state index contributed by atoms with van der Waals surface area (Å²) < 4.78 is 100. The van der Waals surface area contributed by atoms with Crippen LogP contribution in [-0.4, -0.2) is 6.18 Å². The van der Waals surface area contributed by atoms with Crippen molar-refractivity contribution in [1.82, 2.24) is 0 Å². The predicted molar refractivity (Wildman–Crippen MR) is 145 cm³/mol. The summed E-state index contributed by atoms with van der Waals surface area (Å²) >= 11 is 12.1. The van der Waals surface area contributed by atoms with Crippen molar-refractivity contribution in [3.8, 4) is 0 Å². The third kappa shape index (κ3) is 7.56. The van der Waals surface area contributed by atoms with Gasteiger partial charge in [0.15, 0.2) is 0 Å². The summed E-state index contributed by atoms with van der Waals surface area (Å²) in [5, 5.41) is 0.134. The quantitative estimate of drug-likeness (QED) is 0.261. The Morgan fingerprint density at radius 2 is 1.67 bits per heavy atom. The van der Waals surface area contributed by atoms with E-state index in [1.165, 1.54) is 12.1 Å². The van der Waals surface area contributed by atoms with E-state index in [0.29, 0.717) is 23.6 Å². The van der Waals surface area contributed by atoms with E-state index in [-0.39, 0.29) is 44.8 Å². The van der Waals surface area contributed by atoms with Crippen LogP contribution in [-0.2, 0) is 6.05 Å². The standard InChI is InChI=1S/C27H22Cl2F7N.C2H6/c1-13-9-17(11-22(29)14(13)2)19(26(32,33)34)12-24(31)16-7-8-18(20(10-16)27(35,36)37)15(3)25-21(28)5-4-6-23(25)30;1-2/h6-12,19H,3-5,37H2,1-2H3;1-2H3/b24-12-;. The summed E-state index contributed by atoms with van der Waals surface area (Å²) in [5.41, 5.74) is 3.47. The van der Waals surface area contributed by atoms with Gasteiger partial charge in [-0.25, -0.2) is 8.78 Å². The predicted octanol–water partition coefficient (Wildman–Crippen LogP) is 10.8. The molecule has 0 saturated carbocycles. The van der Waals surface area contributed by atoms with E-state index in [0.717, 1.165) is 18.2 Å². The van der Waals surface area contributed by atoms with Gasteiger partial charge in [-0.2, -0.15) is 22.0 Å². The molecule has 1 unspecified atom stereocenters. The maximum absolute atomic E-state index is 15.2. The molecule has 0 bridgehead atoms. The summed E-state index contributed by atoms with van der Waals surface area (Å²) in [6.45, 7) is 10.8. The number of halogens is 9. The molecule has 39 heavy (non-hydrogen) atoms. The number of hydrogen-bond donors (Lipinski definition) is 1. The monoisotopic (exact) mass is 593 g/mol. The minimum Gasteiger partial charge on any atom is -0.268 e. The van der Waals surface area contributed by atoms with Gasteiger partial charge in [0.1, 0.15) is 17.6 Å². The van der Waals surface area contributed by atoms with E-state index in [1.807, 2.05) is 13.8 Å². The molecule has 0 saturated heterocycles. The normalized spacial score (nSPS) is 15.4. The van der Waals surface area contributed by atoms with E-state index in [9.17, 15) is 26.3 Å². The number of hydrogen-bond acceptors (Lipinski definition) is 1. The highest BCUT2D eigenvalue weighted by Crippen LogP contribution is 2.43. The lowest BCUT2D eigenvalue weighted by Crippen LogP contribution is -2.27. The maximum Gasteiger partial charge on any atom is 0.399 e. The van der Waals surface area contributed by atoms with Crippen LogP contribution in [0.4, 0.5) is 30.7 Å². The van der Waals surface area contributed by atoms with Gasteiger partial charge in [0, 0.05) is 26.8 Å². The molecule has 0 aliphatic heterocycles. The summed E-state index contributed by atoms with van der Waals surface area (Å²) in [6, 6.07) is 0.867. The third-order valence-electron chi connectivity index (χ3n) is 6.13. The number of nitrogens with two attached hydrogens (primary N) is 1. The van der Waals surface area contributed by atoms with Crippen molar-refractivity contribution < 1.29 is 30.7 Å². The number of alkyl halides is 5. The van der Waals surface area contributed by atoms with E-state index in [2.05, 4.69) is 6.58 Å². The second-order valence-electron chi connectivity index (χ2n) is 8.71. The Bertz CT molecular complexity index is 1310. The van der Waals surface area contributed by atoms with Gasteiger partial charge in [-0.05, 0) is 78.8 Å². The highest BCUT2D eigenvalue weighted by atomic mass is 35.5. The van der Waals surface area contributed by atoms with Crippen LogP contribution in [0.2, 0.25) is 5.02 Å². The molecule has 0 spiro atoms. The summed E-state index contributed by atoms with van der Waals surface area (Å²) in [4.78, 5) is 0. The molecule has 1 aliphatic carbocycles.